The van der Waals surface area contributed by atoms with Crippen molar-refractivity contribution in [1.29, 1.82) is 0 Å². The molecule has 2 aromatic rings. The molecule has 3 aliphatic rings. The zero-order valence-electron chi connectivity index (χ0n) is 17.9. The molecular weight excluding hydrogens is 396 g/mol. The van der Waals surface area contributed by atoms with Gasteiger partial charge in [-0.2, -0.15) is 0 Å². The van der Waals surface area contributed by atoms with Crippen LogP contribution < -0.4 is 5.32 Å². The summed E-state index contributed by atoms with van der Waals surface area (Å²) in [6.45, 7) is 2.95. The molecule has 0 radical (unpaired) electrons. The number of H-pyrrole nitrogens is 1. The second kappa shape index (κ2) is 7.67. The molecule has 2 N–H and O–H groups in total. The van der Waals surface area contributed by atoms with Gasteiger partial charge in [0.1, 0.15) is 18.1 Å². The first-order valence-electron chi connectivity index (χ1n) is 11.0. The van der Waals surface area contributed by atoms with Crippen molar-refractivity contribution in [3.63, 3.8) is 0 Å². The monoisotopic (exact) mass is 424 g/mol. The van der Waals surface area contributed by atoms with Gasteiger partial charge in [-0.1, -0.05) is 18.2 Å². The van der Waals surface area contributed by atoms with E-state index < -0.39 is 12.1 Å². The molecule has 0 aliphatic carbocycles. The molecule has 0 bridgehead atoms. The first-order valence-corrected chi connectivity index (χ1v) is 11.0. The second-order valence-electron chi connectivity index (χ2n) is 8.72. The molecule has 2 saturated heterocycles. The molecule has 5 rings (SSSR count). The van der Waals surface area contributed by atoms with Crippen LogP contribution in [0.5, 0.6) is 0 Å². The summed E-state index contributed by atoms with van der Waals surface area (Å²) in [5.41, 5.74) is 3.16. The van der Waals surface area contributed by atoms with E-state index in [1.807, 2.05) is 23.1 Å². The van der Waals surface area contributed by atoms with Gasteiger partial charge in [-0.05, 0) is 44.4 Å². The minimum absolute atomic E-state index is 0.0532. The maximum absolute atomic E-state index is 13.5. The van der Waals surface area contributed by atoms with Crippen molar-refractivity contribution in [1.82, 2.24) is 20.1 Å². The van der Waals surface area contributed by atoms with E-state index in [0.717, 1.165) is 35.0 Å². The number of nitrogens with one attached hydrogen (secondary N) is 2. The number of aromatic nitrogens is 1. The fraction of sp³-hybridized carbons (Fsp3) is 0.522. The first kappa shape index (κ1) is 20.1. The highest BCUT2D eigenvalue weighted by Gasteiger charge is 2.52. The Bertz CT molecular complexity index is 1050. The Balaban J connectivity index is 1.51. The quantitative estimate of drug-likeness (QED) is 0.710. The Labute approximate surface area is 180 Å². The summed E-state index contributed by atoms with van der Waals surface area (Å²) in [5.74, 6) is -0.199. The number of piperazine rings is 1. The van der Waals surface area contributed by atoms with E-state index in [4.69, 9.17) is 4.74 Å². The molecule has 164 valence electrons. The van der Waals surface area contributed by atoms with E-state index >= 15 is 0 Å². The molecule has 2 fully saturated rings. The van der Waals surface area contributed by atoms with Gasteiger partial charge in [-0.3, -0.25) is 14.4 Å². The maximum atomic E-state index is 13.5. The predicted molar refractivity (Wildman–Crippen MR) is 114 cm³/mol. The molecule has 31 heavy (non-hydrogen) atoms. The fourth-order valence-electron chi connectivity index (χ4n) is 5.52. The summed E-state index contributed by atoms with van der Waals surface area (Å²) in [7, 11) is 1.37. The van der Waals surface area contributed by atoms with E-state index in [2.05, 4.69) is 16.4 Å². The summed E-state index contributed by atoms with van der Waals surface area (Å²) < 4.78 is 4.79. The third kappa shape index (κ3) is 3.12. The van der Waals surface area contributed by atoms with Crippen molar-refractivity contribution in [2.45, 2.75) is 56.8 Å². The van der Waals surface area contributed by atoms with Gasteiger partial charge in [-0.15, -0.1) is 0 Å². The van der Waals surface area contributed by atoms with Crippen LogP contribution in [0.15, 0.2) is 24.3 Å². The van der Waals surface area contributed by atoms with Gasteiger partial charge in [-0.25, -0.2) is 0 Å². The number of amides is 2. The highest BCUT2D eigenvalue weighted by Crippen LogP contribution is 2.42. The Morgan fingerprint density at radius 3 is 2.87 bits per heavy atom. The predicted octanol–water partition coefficient (Wildman–Crippen LogP) is 1.51. The van der Waals surface area contributed by atoms with E-state index in [-0.39, 0.29) is 29.9 Å². The summed E-state index contributed by atoms with van der Waals surface area (Å²) in [6.07, 6.45) is 2.75. The van der Waals surface area contributed by atoms with Crippen molar-refractivity contribution in [3.05, 3.63) is 35.5 Å². The zero-order valence-corrected chi connectivity index (χ0v) is 17.9. The molecule has 8 nitrogen and oxygen atoms in total. The smallest absolute Gasteiger partial charge is 0.322 e. The van der Waals surface area contributed by atoms with Gasteiger partial charge in [0.15, 0.2) is 0 Å². The Morgan fingerprint density at radius 2 is 2.06 bits per heavy atom. The number of carbonyl (C=O) groups is 3. The molecule has 0 spiro atoms. The second-order valence-corrected chi connectivity index (χ2v) is 8.72. The lowest BCUT2D eigenvalue weighted by molar-refractivity contribution is -0.163. The summed E-state index contributed by atoms with van der Waals surface area (Å²) in [4.78, 5) is 45.8. The SMILES string of the molecule is COC(=O)[C@@H](C)NCC[C@@H]1c2[nH]c3ccccc3c2C[C@H]2C(=O)N3CCC[C@H]3C(=O)N12. The number of methoxy groups -OCH3 is 1. The third-order valence-electron chi connectivity index (χ3n) is 7.03. The van der Waals surface area contributed by atoms with Crippen LogP contribution in [0.25, 0.3) is 10.9 Å². The topological polar surface area (TPSA) is 94.7 Å². The van der Waals surface area contributed by atoms with Gasteiger partial charge in [0.2, 0.25) is 11.8 Å². The van der Waals surface area contributed by atoms with Gasteiger partial charge in [0.05, 0.1) is 13.2 Å². The lowest BCUT2D eigenvalue weighted by Crippen LogP contribution is -2.65. The minimum atomic E-state index is -0.461. The van der Waals surface area contributed by atoms with Gasteiger partial charge in [0.25, 0.3) is 0 Å². The Hall–Kier alpha value is -2.87. The largest absolute Gasteiger partial charge is 0.468 e. The molecule has 1 aromatic carbocycles. The van der Waals surface area contributed by atoms with Crippen LogP contribution in [0.3, 0.4) is 0 Å². The van der Waals surface area contributed by atoms with Crippen molar-refractivity contribution in [2.24, 2.45) is 0 Å². The maximum Gasteiger partial charge on any atom is 0.322 e. The van der Waals surface area contributed by atoms with Crippen LogP contribution in [0, 0.1) is 0 Å². The normalized spacial score (nSPS) is 25.9. The average molecular weight is 425 g/mol. The van der Waals surface area contributed by atoms with Crippen LogP contribution in [0.1, 0.15) is 43.5 Å². The van der Waals surface area contributed by atoms with Crippen molar-refractivity contribution in [2.75, 3.05) is 20.2 Å². The van der Waals surface area contributed by atoms with Gasteiger partial charge >= 0.3 is 5.97 Å². The van der Waals surface area contributed by atoms with E-state index in [0.29, 0.717) is 25.9 Å². The number of rotatable bonds is 5. The summed E-state index contributed by atoms with van der Waals surface area (Å²) in [5, 5.41) is 4.30. The number of carbonyl (C=O) groups excluding carboxylic acids is 3. The van der Waals surface area contributed by atoms with E-state index in [1.165, 1.54) is 7.11 Å². The molecule has 4 atom stereocenters. The average Bonchev–Trinajstić information content (AvgIpc) is 3.41. The number of benzene rings is 1. The number of fused-ring (bicyclic) bond motifs is 5. The molecule has 8 heteroatoms. The lowest BCUT2D eigenvalue weighted by atomic mass is 9.86. The van der Waals surface area contributed by atoms with Crippen LogP contribution >= 0.6 is 0 Å². The molecule has 2 amide bonds. The van der Waals surface area contributed by atoms with E-state index in [9.17, 15) is 14.4 Å². The molecule has 0 saturated carbocycles. The zero-order chi connectivity index (χ0) is 21.7. The number of ether oxygens (including phenoxy) is 1. The standard InChI is InChI=1S/C23H28N4O4/c1-13(23(30)31-2)24-10-9-17-20-15(14-6-3-4-7-16(14)25-20)12-19-21(28)26-11-5-8-18(26)22(29)27(17)19/h3-4,6-7,13,17-19,24-25H,5,8-12H2,1-2H3/t13-,17-,18+,19+/m1/s1. The van der Waals surface area contributed by atoms with E-state index in [1.54, 1.807) is 11.8 Å². The van der Waals surface area contributed by atoms with Crippen molar-refractivity contribution in [3.8, 4) is 0 Å². The number of hydrogen-bond acceptors (Lipinski definition) is 5. The van der Waals surface area contributed by atoms with Crippen LogP contribution in [0.4, 0.5) is 0 Å². The third-order valence-corrected chi connectivity index (χ3v) is 7.03. The first-order chi connectivity index (χ1) is 15.0. The number of esters is 1. The Morgan fingerprint density at radius 1 is 1.26 bits per heavy atom. The minimum Gasteiger partial charge on any atom is -0.468 e. The number of hydrogen-bond donors (Lipinski definition) is 2. The Kier molecular flexibility index (Phi) is 4.97. The molecule has 1 aromatic heterocycles. The van der Waals surface area contributed by atoms with Crippen LogP contribution in [-0.4, -0.2) is 70.9 Å². The number of nitrogens with zero attached hydrogens (tertiary/aromatic N) is 2. The fourth-order valence-corrected chi connectivity index (χ4v) is 5.52. The van der Waals surface area contributed by atoms with Gasteiger partial charge < -0.3 is 24.8 Å². The van der Waals surface area contributed by atoms with Crippen molar-refractivity contribution >= 4 is 28.7 Å². The molecule has 4 heterocycles. The molecule has 0 unspecified atom stereocenters. The lowest BCUT2D eigenvalue weighted by Gasteiger charge is -2.48. The van der Waals surface area contributed by atoms with Crippen molar-refractivity contribution < 1.29 is 19.1 Å². The summed E-state index contributed by atoms with van der Waals surface area (Å²) >= 11 is 0. The summed E-state index contributed by atoms with van der Waals surface area (Å²) in [6, 6.07) is 6.62. The van der Waals surface area contributed by atoms with Crippen LogP contribution in [0.2, 0.25) is 0 Å². The number of aromatic amines is 1. The molecular formula is C23H28N4O4. The van der Waals surface area contributed by atoms with Crippen LogP contribution in [-0.2, 0) is 25.5 Å². The van der Waals surface area contributed by atoms with Gasteiger partial charge in [0, 0.05) is 29.6 Å². The highest BCUT2D eigenvalue weighted by atomic mass is 16.5. The number of para-hydroxylation sites is 1. The highest BCUT2D eigenvalue weighted by molar-refractivity contribution is 5.99. The molecule has 3 aliphatic heterocycles.